The van der Waals surface area contributed by atoms with Gasteiger partial charge in [0.1, 0.15) is 18.7 Å². The second-order valence-electron chi connectivity index (χ2n) is 8.71. The number of carbonyl (C=O) groups excluding carboxylic acids is 2. The Morgan fingerprint density at radius 1 is 1.03 bits per heavy atom. The smallest absolute Gasteiger partial charge is 0.409 e. The predicted molar refractivity (Wildman–Crippen MR) is 120 cm³/mol. The molecule has 2 aromatic carbocycles. The third-order valence-electron chi connectivity index (χ3n) is 6.52. The molecule has 2 amide bonds. The van der Waals surface area contributed by atoms with Gasteiger partial charge >= 0.3 is 18.2 Å². The molecule has 4 rings (SSSR count). The Hall–Kier alpha value is -3.56. The lowest BCUT2D eigenvalue weighted by Gasteiger charge is -2.34. The van der Waals surface area contributed by atoms with Gasteiger partial charge in [0.15, 0.2) is 0 Å². The molecule has 35 heavy (non-hydrogen) atoms. The first-order valence-corrected chi connectivity index (χ1v) is 11.4. The minimum Gasteiger partial charge on any atom is -0.480 e. The van der Waals surface area contributed by atoms with Crippen LogP contribution in [0.15, 0.2) is 48.5 Å². The molecule has 2 aliphatic rings. The van der Waals surface area contributed by atoms with Crippen LogP contribution in [0.3, 0.4) is 0 Å². The Morgan fingerprint density at radius 2 is 1.63 bits per heavy atom. The molecule has 0 spiro atoms. The minimum absolute atomic E-state index is 0.0608. The zero-order valence-electron chi connectivity index (χ0n) is 18.8. The second kappa shape index (κ2) is 9.97. The zero-order valence-corrected chi connectivity index (χ0v) is 18.8. The van der Waals surface area contributed by atoms with Gasteiger partial charge in [0.05, 0.1) is 6.42 Å². The minimum atomic E-state index is -4.92. The van der Waals surface area contributed by atoms with Crippen molar-refractivity contribution in [2.75, 3.05) is 13.2 Å². The summed E-state index contributed by atoms with van der Waals surface area (Å²) in [7, 11) is 0. The number of aliphatic carboxylic acids is 1. The standard InChI is InChI=1S/C25H25F3N2O5/c26-25(27,28)21(13-22(31)30-12-6-5-11-20(30)23(32)33)29-24(34)35-14-19-17-9-3-1-7-15(17)16-8-2-4-10-18(16)19/h1-4,7-10,19-21H,5-6,11-14H2,(H,29,34)(H,32,33)/t20-,21?/m0/s1. The van der Waals surface area contributed by atoms with Crippen LogP contribution in [-0.4, -0.2) is 59.4 Å². The Morgan fingerprint density at radius 3 is 2.20 bits per heavy atom. The van der Waals surface area contributed by atoms with Gasteiger partial charge in [0, 0.05) is 12.5 Å². The van der Waals surface area contributed by atoms with E-state index in [9.17, 15) is 32.7 Å². The van der Waals surface area contributed by atoms with Crippen LogP contribution >= 0.6 is 0 Å². The molecule has 1 unspecified atom stereocenters. The summed E-state index contributed by atoms with van der Waals surface area (Å²) in [6.45, 7) is -0.114. The molecule has 1 fully saturated rings. The van der Waals surface area contributed by atoms with Crippen molar-refractivity contribution < 1.29 is 37.4 Å². The molecule has 2 aromatic rings. The van der Waals surface area contributed by atoms with Crippen molar-refractivity contribution in [3.8, 4) is 11.1 Å². The number of alkyl carbamates (subject to hydrolysis) is 1. The van der Waals surface area contributed by atoms with E-state index in [2.05, 4.69) is 0 Å². The molecule has 0 aromatic heterocycles. The first kappa shape index (κ1) is 24.6. The molecule has 2 N–H and O–H groups in total. The number of hydrogen-bond acceptors (Lipinski definition) is 4. The molecule has 7 nitrogen and oxygen atoms in total. The lowest BCUT2D eigenvalue weighted by atomic mass is 9.98. The predicted octanol–water partition coefficient (Wildman–Crippen LogP) is 4.31. The highest BCUT2D eigenvalue weighted by Crippen LogP contribution is 2.44. The molecular formula is C25H25F3N2O5. The summed E-state index contributed by atoms with van der Waals surface area (Å²) in [5.74, 6) is -2.56. The first-order valence-electron chi connectivity index (χ1n) is 11.4. The van der Waals surface area contributed by atoms with E-state index >= 15 is 0 Å². The lowest BCUT2D eigenvalue weighted by Crippen LogP contribution is -2.53. The van der Waals surface area contributed by atoms with Crippen LogP contribution in [0.25, 0.3) is 11.1 Å². The van der Waals surface area contributed by atoms with Gasteiger partial charge in [-0.05, 0) is 41.5 Å². The van der Waals surface area contributed by atoms with Crippen molar-refractivity contribution in [3.05, 3.63) is 59.7 Å². The number of piperidine rings is 1. The van der Waals surface area contributed by atoms with Crippen LogP contribution in [0.5, 0.6) is 0 Å². The second-order valence-corrected chi connectivity index (χ2v) is 8.71. The van der Waals surface area contributed by atoms with Crippen LogP contribution in [-0.2, 0) is 14.3 Å². The van der Waals surface area contributed by atoms with E-state index in [4.69, 9.17) is 4.74 Å². The van der Waals surface area contributed by atoms with Crippen molar-refractivity contribution in [1.29, 1.82) is 0 Å². The summed E-state index contributed by atoms with van der Waals surface area (Å²) >= 11 is 0. The van der Waals surface area contributed by atoms with Gasteiger partial charge < -0.3 is 20.1 Å². The number of ether oxygens (including phenoxy) is 1. The fourth-order valence-electron chi connectivity index (χ4n) is 4.81. The zero-order chi connectivity index (χ0) is 25.2. The summed E-state index contributed by atoms with van der Waals surface area (Å²) in [5, 5.41) is 11.1. The largest absolute Gasteiger partial charge is 0.480 e. The maximum atomic E-state index is 13.6. The Bertz CT molecular complexity index is 1070. The van der Waals surface area contributed by atoms with E-state index < -0.39 is 42.7 Å². The van der Waals surface area contributed by atoms with E-state index in [0.29, 0.717) is 12.8 Å². The quantitative estimate of drug-likeness (QED) is 0.629. The van der Waals surface area contributed by atoms with E-state index in [1.807, 2.05) is 48.5 Å². The number of nitrogens with one attached hydrogen (secondary N) is 1. The average Bonchev–Trinajstić information content (AvgIpc) is 3.15. The molecule has 1 aliphatic heterocycles. The van der Waals surface area contributed by atoms with Gasteiger partial charge in [0.2, 0.25) is 5.91 Å². The fraction of sp³-hybridized carbons (Fsp3) is 0.400. The van der Waals surface area contributed by atoms with Gasteiger partial charge in [0.25, 0.3) is 0 Å². The number of benzene rings is 2. The third kappa shape index (κ3) is 5.26. The Balaban J connectivity index is 1.42. The summed E-state index contributed by atoms with van der Waals surface area (Å²) in [5.41, 5.74) is 3.78. The van der Waals surface area contributed by atoms with Gasteiger partial charge in [-0.2, -0.15) is 13.2 Å². The van der Waals surface area contributed by atoms with Crippen LogP contribution in [0.2, 0.25) is 0 Å². The van der Waals surface area contributed by atoms with Crippen LogP contribution in [0, 0.1) is 0 Å². The molecule has 10 heteroatoms. The number of carboxylic acids is 1. The number of carboxylic acid groups (broad SMARTS) is 1. The van der Waals surface area contributed by atoms with Crippen molar-refractivity contribution >= 4 is 18.0 Å². The summed E-state index contributed by atoms with van der Waals surface area (Å²) in [6.07, 6.45) is -6.06. The van der Waals surface area contributed by atoms with Crippen LogP contribution in [0.4, 0.5) is 18.0 Å². The SMILES string of the molecule is O=C(NC(CC(=O)N1CCCC[C@H]1C(=O)O)C(F)(F)F)OCC1c2ccccc2-c2ccccc21. The number of halogens is 3. The number of nitrogens with zero attached hydrogens (tertiary/aromatic N) is 1. The molecule has 1 saturated heterocycles. The van der Waals surface area contributed by atoms with E-state index in [0.717, 1.165) is 27.2 Å². The highest BCUT2D eigenvalue weighted by molar-refractivity contribution is 5.84. The molecule has 1 aliphatic carbocycles. The van der Waals surface area contributed by atoms with Crippen molar-refractivity contribution in [2.24, 2.45) is 0 Å². The van der Waals surface area contributed by atoms with E-state index in [-0.39, 0.29) is 25.5 Å². The molecule has 0 radical (unpaired) electrons. The Labute approximate surface area is 199 Å². The number of alkyl halides is 3. The molecule has 1 heterocycles. The topological polar surface area (TPSA) is 95.9 Å². The fourth-order valence-corrected chi connectivity index (χ4v) is 4.81. The van der Waals surface area contributed by atoms with Gasteiger partial charge in [-0.15, -0.1) is 0 Å². The van der Waals surface area contributed by atoms with Gasteiger partial charge in [-0.3, -0.25) is 4.79 Å². The van der Waals surface area contributed by atoms with E-state index in [1.165, 1.54) is 0 Å². The number of likely N-dealkylation sites (tertiary alicyclic amines) is 1. The summed E-state index contributed by atoms with van der Waals surface area (Å²) in [4.78, 5) is 37.3. The number of amides is 2. The van der Waals surface area contributed by atoms with Crippen molar-refractivity contribution in [1.82, 2.24) is 10.2 Å². The molecule has 0 saturated carbocycles. The highest BCUT2D eigenvalue weighted by atomic mass is 19.4. The molecule has 186 valence electrons. The molecular weight excluding hydrogens is 465 g/mol. The monoisotopic (exact) mass is 490 g/mol. The van der Waals surface area contributed by atoms with Gasteiger partial charge in [-0.25, -0.2) is 9.59 Å². The number of rotatable bonds is 6. The lowest BCUT2D eigenvalue weighted by molar-refractivity contribution is -0.166. The normalized spacial score (nSPS) is 18.4. The average molecular weight is 490 g/mol. The number of carbonyl (C=O) groups is 3. The highest BCUT2D eigenvalue weighted by Gasteiger charge is 2.44. The third-order valence-corrected chi connectivity index (χ3v) is 6.52. The maximum Gasteiger partial charge on any atom is 0.409 e. The summed E-state index contributed by atoms with van der Waals surface area (Å²) < 4.78 is 46.1. The first-order chi connectivity index (χ1) is 16.7. The molecule has 2 atom stereocenters. The molecule has 0 bridgehead atoms. The Kier molecular flexibility index (Phi) is 7.00. The number of fused-ring (bicyclic) bond motifs is 3. The van der Waals surface area contributed by atoms with Crippen LogP contribution in [0.1, 0.15) is 42.7 Å². The van der Waals surface area contributed by atoms with Crippen molar-refractivity contribution in [2.45, 2.75) is 49.9 Å². The van der Waals surface area contributed by atoms with Crippen LogP contribution < -0.4 is 5.32 Å². The maximum absolute atomic E-state index is 13.6. The summed E-state index contributed by atoms with van der Waals surface area (Å²) in [6, 6.07) is 11.4. The number of hydrogen-bond donors (Lipinski definition) is 2. The van der Waals surface area contributed by atoms with Crippen molar-refractivity contribution in [3.63, 3.8) is 0 Å². The van der Waals surface area contributed by atoms with Gasteiger partial charge in [-0.1, -0.05) is 48.5 Å². The van der Waals surface area contributed by atoms with E-state index in [1.54, 1.807) is 5.32 Å².